The summed E-state index contributed by atoms with van der Waals surface area (Å²) < 4.78 is 0. The number of benzene rings is 1. The van der Waals surface area contributed by atoms with Crippen LogP contribution in [0.3, 0.4) is 0 Å². The Kier molecular flexibility index (Phi) is 2.69. The first-order valence-electron chi connectivity index (χ1n) is 7.62. The highest BCUT2D eigenvalue weighted by molar-refractivity contribution is 6.24. The molecule has 0 unspecified atom stereocenters. The smallest absolute Gasteiger partial charge is 0.230 e. The SMILES string of the molecule is O=C(Nc1ccccc1)C12C[C@H]3C[C@@H](CC(Cl)(C3)C1)C2. The number of nitrogens with one attached hydrogen (secondary N) is 1. The van der Waals surface area contributed by atoms with E-state index in [1.54, 1.807) is 0 Å². The third-order valence-corrected chi connectivity index (χ3v) is 5.95. The number of hydrogen-bond donors (Lipinski definition) is 1. The van der Waals surface area contributed by atoms with Crippen molar-refractivity contribution in [2.45, 2.75) is 43.4 Å². The Hall–Kier alpha value is -1.02. The van der Waals surface area contributed by atoms with Gasteiger partial charge in [0.1, 0.15) is 0 Å². The van der Waals surface area contributed by atoms with Crippen LogP contribution < -0.4 is 5.32 Å². The Bertz CT molecular complexity index is 527. The molecule has 0 aliphatic heterocycles. The summed E-state index contributed by atoms with van der Waals surface area (Å²) in [6.07, 6.45) is 6.46. The number of anilines is 1. The summed E-state index contributed by atoms with van der Waals surface area (Å²) in [6, 6.07) is 9.79. The quantitative estimate of drug-likeness (QED) is 0.812. The maximum Gasteiger partial charge on any atom is 0.230 e. The van der Waals surface area contributed by atoms with Crippen molar-refractivity contribution < 1.29 is 4.79 Å². The number of rotatable bonds is 2. The molecule has 1 amide bonds. The lowest BCUT2D eigenvalue weighted by molar-refractivity contribution is -0.138. The van der Waals surface area contributed by atoms with Gasteiger partial charge in [-0.1, -0.05) is 18.2 Å². The molecule has 4 aliphatic rings. The molecule has 4 fully saturated rings. The molecule has 4 aliphatic carbocycles. The Morgan fingerprint density at radius 2 is 1.75 bits per heavy atom. The van der Waals surface area contributed by atoms with E-state index in [2.05, 4.69) is 5.32 Å². The van der Waals surface area contributed by atoms with Crippen LogP contribution in [-0.2, 0) is 4.79 Å². The van der Waals surface area contributed by atoms with Gasteiger partial charge in [-0.2, -0.15) is 0 Å². The number of alkyl halides is 1. The molecule has 4 bridgehead atoms. The Morgan fingerprint density at radius 3 is 2.35 bits per heavy atom. The molecule has 1 aromatic rings. The average Bonchev–Trinajstić information content (AvgIpc) is 2.37. The van der Waals surface area contributed by atoms with Crippen molar-refractivity contribution in [3.8, 4) is 0 Å². The minimum Gasteiger partial charge on any atom is -0.326 e. The monoisotopic (exact) mass is 289 g/mol. The second-order valence-corrected chi connectivity index (χ2v) is 8.01. The molecule has 3 heteroatoms. The van der Waals surface area contributed by atoms with E-state index >= 15 is 0 Å². The van der Waals surface area contributed by atoms with Gasteiger partial charge in [0.15, 0.2) is 0 Å². The van der Waals surface area contributed by atoms with Gasteiger partial charge in [0.2, 0.25) is 5.91 Å². The standard InChI is InChI=1S/C17H20ClNO/c18-17-9-12-6-13(10-17)8-16(7-12,11-17)15(20)19-14-4-2-1-3-5-14/h1-5,12-13H,6-11H2,(H,19,20)/t12-,13-,16?,17?/m1/s1. The molecule has 0 saturated heterocycles. The van der Waals surface area contributed by atoms with E-state index < -0.39 is 0 Å². The fourth-order valence-electron chi connectivity index (χ4n) is 5.20. The lowest BCUT2D eigenvalue weighted by Crippen LogP contribution is -2.57. The summed E-state index contributed by atoms with van der Waals surface area (Å²) in [5, 5.41) is 3.12. The topological polar surface area (TPSA) is 29.1 Å². The van der Waals surface area contributed by atoms with Crippen molar-refractivity contribution in [1.82, 2.24) is 0 Å². The first kappa shape index (κ1) is 12.7. The molecule has 106 valence electrons. The number of para-hydroxylation sites is 1. The molecule has 0 radical (unpaired) electrons. The second-order valence-electron chi connectivity index (χ2n) is 7.21. The van der Waals surface area contributed by atoms with Gasteiger partial charge in [0.05, 0.1) is 5.41 Å². The Balaban J connectivity index is 1.60. The van der Waals surface area contributed by atoms with Gasteiger partial charge >= 0.3 is 0 Å². The number of amides is 1. The molecular formula is C17H20ClNO. The van der Waals surface area contributed by atoms with Crippen LogP contribution in [0.2, 0.25) is 0 Å². The molecule has 5 rings (SSSR count). The van der Waals surface area contributed by atoms with Crippen molar-refractivity contribution in [3.63, 3.8) is 0 Å². The molecule has 1 aromatic carbocycles. The van der Waals surface area contributed by atoms with Gasteiger partial charge < -0.3 is 5.32 Å². The third-order valence-electron chi connectivity index (χ3n) is 5.50. The molecule has 20 heavy (non-hydrogen) atoms. The van der Waals surface area contributed by atoms with Crippen molar-refractivity contribution in [2.75, 3.05) is 5.32 Å². The van der Waals surface area contributed by atoms with Crippen LogP contribution in [0, 0.1) is 17.3 Å². The zero-order valence-corrected chi connectivity index (χ0v) is 12.3. The van der Waals surface area contributed by atoms with E-state index in [0.717, 1.165) is 37.8 Å². The van der Waals surface area contributed by atoms with Crippen LogP contribution in [-0.4, -0.2) is 10.8 Å². The number of carbonyl (C=O) groups excluding carboxylic acids is 1. The van der Waals surface area contributed by atoms with Crippen LogP contribution in [0.15, 0.2) is 30.3 Å². The zero-order valence-electron chi connectivity index (χ0n) is 11.6. The van der Waals surface area contributed by atoms with E-state index in [4.69, 9.17) is 11.6 Å². The molecule has 2 atom stereocenters. The van der Waals surface area contributed by atoms with Gasteiger partial charge in [0.25, 0.3) is 0 Å². The number of hydrogen-bond acceptors (Lipinski definition) is 1. The van der Waals surface area contributed by atoms with Crippen LogP contribution >= 0.6 is 11.6 Å². The van der Waals surface area contributed by atoms with Gasteiger partial charge in [0, 0.05) is 10.6 Å². The summed E-state index contributed by atoms with van der Waals surface area (Å²) in [5.74, 6) is 1.52. The van der Waals surface area contributed by atoms with Gasteiger partial charge in [-0.05, 0) is 62.5 Å². The maximum absolute atomic E-state index is 12.8. The van der Waals surface area contributed by atoms with E-state index in [0.29, 0.717) is 11.8 Å². The summed E-state index contributed by atoms with van der Waals surface area (Å²) in [5.41, 5.74) is 0.693. The molecular weight excluding hydrogens is 270 g/mol. The van der Waals surface area contributed by atoms with Gasteiger partial charge in [-0.3, -0.25) is 4.79 Å². The summed E-state index contributed by atoms with van der Waals surface area (Å²) in [6.45, 7) is 0. The lowest BCUT2D eigenvalue weighted by atomic mass is 9.49. The summed E-state index contributed by atoms with van der Waals surface area (Å²) in [7, 11) is 0. The minimum atomic E-state index is -0.207. The molecule has 1 N–H and O–H groups in total. The molecule has 4 saturated carbocycles. The van der Waals surface area contributed by atoms with Crippen LogP contribution in [0.1, 0.15) is 38.5 Å². The predicted molar refractivity (Wildman–Crippen MR) is 80.8 cm³/mol. The highest BCUT2D eigenvalue weighted by Gasteiger charge is 2.60. The highest BCUT2D eigenvalue weighted by Crippen LogP contribution is 2.64. The van der Waals surface area contributed by atoms with E-state index in [1.165, 1.54) is 6.42 Å². The van der Waals surface area contributed by atoms with Crippen LogP contribution in [0.5, 0.6) is 0 Å². The third kappa shape index (κ3) is 1.96. The fraction of sp³-hybridized carbons (Fsp3) is 0.588. The Labute approximate surface area is 124 Å². The maximum atomic E-state index is 12.8. The van der Waals surface area contributed by atoms with E-state index in [-0.39, 0.29) is 16.2 Å². The van der Waals surface area contributed by atoms with Crippen molar-refractivity contribution in [1.29, 1.82) is 0 Å². The molecule has 0 spiro atoms. The van der Waals surface area contributed by atoms with Crippen molar-refractivity contribution in [2.24, 2.45) is 17.3 Å². The van der Waals surface area contributed by atoms with Crippen molar-refractivity contribution >= 4 is 23.2 Å². The summed E-state index contributed by atoms with van der Waals surface area (Å²) >= 11 is 6.79. The summed E-state index contributed by atoms with van der Waals surface area (Å²) in [4.78, 5) is 12.7. The van der Waals surface area contributed by atoms with Crippen LogP contribution in [0.4, 0.5) is 5.69 Å². The molecule has 0 heterocycles. The predicted octanol–water partition coefficient (Wildman–Crippen LogP) is 4.20. The van der Waals surface area contributed by atoms with E-state index in [1.807, 2.05) is 30.3 Å². The van der Waals surface area contributed by atoms with E-state index in [9.17, 15) is 4.79 Å². The molecule has 2 nitrogen and oxygen atoms in total. The number of carbonyl (C=O) groups is 1. The normalized spacial score (nSPS) is 41.6. The average molecular weight is 290 g/mol. The first-order chi connectivity index (χ1) is 9.57. The lowest BCUT2D eigenvalue weighted by Gasteiger charge is -2.59. The van der Waals surface area contributed by atoms with Gasteiger partial charge in [-0.15, -0.1) is 11.6 Å². The largest absolute Gasteiger partial charge is 0.326 e. The minimum absolute atomic E-state index is 0.0991. The van der Waals surface area contributed by atoms with Crippen LogP contribution in [0.25, 0.3) is 0 Å². The highest BCUT2D eigenvalue weighted by atomic mass is 35.5. The van der Waals surface area contributed by atoms with Gasteiger partial charge in [-0.25, -0.2) is 0 Å². The molecule has 0 aromatic heterocycles. The Morgan fingerprint density at radius 1 is 1.10 bits per heavy atom. The first-order valence-corrected chi connectivity index (χ1v) is 8.00. The second kappa shape index (κ2) is 4.24. The zero-order chi connectivity index (χ0) is 13.8. The number of halogens is 1. The van der Waals surface area contributed by atoms with Crippen molar-refractivity contribution in [3.05, 3.63) is 30.3 Å². The fourth-order valence-corrected chi connectivity index (χ4v) is 5.89.